The van der Waals surface area contributed by atoms with Crippen molar-refractivity contribution in [1.82, 2.24) is 0 Å². The fraction of sp³-hybridized carbons (Fsp3) is 0.533. The van der Waals surface area contributed by atoms with Gasteiger partial charge in [0.25, 0.3) is 0 Å². The van der Waals surface area contributed by atoms with Gasteiger partial charge in [-0.15, -0.1) is 0 Å². The van der Waals surface area contributed by atoms with E-state index in [9.17, 15) is 4.79 Å². The fourth-order valence-corrected chi connectivity index (χ4v) is 2.62. The summed E-state index contributed by atoms with van der Waals surface area (Å²) < 4.78 is 0. The lowest BCUT2D eigenvalue weighted by molar-refractivity contribution is 0.101. The van der Waals surface area contributed by atoms with Gasteiger partial charge in [0.1, 0.15) is 0 Å². The van der Waals surface area contributed by atoms with Crippen LogP contribution in [0, 0.1) is 5.92 Å². The molecule has 0 saturated carbocycles. The van der Waals surface area contributed by atoms with E-state index in [4.69, 9.17) is 5.73 Å². The van der Waals surface area contributed by atoms with Crippen molar-refractivity contribution < 1.29 is 4.79 Å². The molecule has 0 aromatic heterocycles. The molecule has 2 N–H and O–H groups in total. The molecule has 3 heteroatoms. The lowest BCUT2D eigenvalue weighted by Gasteiger charge is -2.33. The maximum Gasteiger partial charge on any atom is 0.159 e. The first kappa shape index (κ1) is 13.1. The number of nitrogens with zero attached hydrogens (tertiary/aromatic N) is 1. The molecule has 1 fully saturated rings. The smallest absolute Gasteiger partial charge is 0.159 e. The molecule has 2 rings (SSSR count). The standard InChI is InChI=1S/C15H22N2O/c1-12(18)14-2-4-15(5-3-14)17-10-7-13(6-9-16)8-11-17/h2-5,13H,6-11,16H2,1H3. The summed E-state index contributed by atoms with van der Waals surface area (Å²) in [5, 5.41) is 0. The second-order valence-electron chi connectivity index (χ2n) is 5.11. The van der Waals surface area contributed by atoms with Crippen molar-refractivity contribution >= 4 is 11.5 Å². The maximum atomic E-state index is 11.2. The van der Waals surface area contributed by atoms with Crippen molar-refractivity contribution in [3.8, 4) is 0 Å². The van der Waals surface area contributed by atoms with Crippen LogP contribution in [0.4, 0.5) is 5.69 Å². The van der Waals surface area contributed by atoms with Gasteiger partial charge in [-0.3, -0.25) is 4.79 Å². The zero-order valence-corrected chi connectivity index (χ0v) is 11.1. The quantitative estimate of drug-likeness (QED) is 0.830. The molecular weight excluding hydrogens is 224 g/mol. The van der Waals surface area contributed by atoms with Crippen molar-refractivity contribution in [3.05, 3.63) is 29.8 Å². The lowest BCUT2D eigenvalue weighted by Crippen LogP contribution is -2.34. The number of benzene rings is 1. The van der Waals surface area contributed by atoms with Gasteiger partial charge in [-0.2, -0.15) is 0 Å². The summed E-state index contributed by atoms with van der Waals surface area (Å²) >= 11 is 0. The third-order valence-electron chi connectivity index (χ3n) is 3.83. The van der Waals surface area contributed by atoms with Crippen molar-refractivity contribution in [2.45, 2.75) is 26.2 Å². The highest BCUT2D eigenvalue weighted by Crippen LogP contribution is 2.25. The number of nitrogens with two attached hydrogens (primary N) is 1. The van der Waals surface area contributed by atoms with Crippen LogP contribution in [-0.2, 0) is 0 Å². The lowest BCUT2D eigenvalue weighted by atomic mass is 9.93. The number of Topliss-reactive ketones (excluding diaryl/α,β-unsaturated/α-hetero) is 1. The zero-order valence-electron chi connectivity index (χ0n) is 11.1. The predicted octanol–water partition coefficient (Wildman–Crippen LogP) is 2.45. The highest BCUT2D eigenvalue weighted by Gasteiger charge is 2.18. The van der Waals surface area contributed by atoms with Crippen LogP contribution in [0.5, 0.6) is 0 Å². The molecule has 0 spiro atoms. The Kier molecular flexibility index (Phi) is 4.37. The SMILES string of the molecule is CC(=O)c1ccc(N2CCC(CCN)CC2)cc1. The van der Waals surface area contributed by atoms with Gasteiger partial charge in [-0.05, 0) is 62.9 Å². The number of carbonyl (C=O) groups is 1. The summed E-state index contributed by atoms with van der Waals surface area (Å²) in [7, 11) is 0. The van der Waals surface area contributed by atoms with Gasteiger partial charge < -0.3 is 10.6 Å². The van der Waals surface area contributed by atoms with Crippen LogP contribution in [0.25, 0.3) is 0 Å². The molecule has 0 atom stereocenters. The Morgan fingerprint density at radius 1 is 1.28 bits per heavy atom. The van der Waals surface area contributed by atoms with Crippen LogP contribution in [0.15, 0.2) is 24.3 Å². The molecule has 0 unspecified atom stereocenters. The second kappa shape index (κ2) is 6.01. The van der Waals surface area contributed by atoms with Crippen molar-refractivity contribution in [3.63, 3.8) is 0 Å². The number of ketones is 1. The van der Waals surface area contributed by atoms with E-state index < -0.39 is 0 Å². The molecule has 98 valence electrons. The van der Waals surface area contributed by atoms with Crippen LogP contribution in [0.2, 0.25) is 0 Å². The van der Waals surface area contributed by atoms with Crippen LogP contribution in [0.3, 0.4) is 0 Å². The largest absolute Gasteiger partial charge is 0.372 e. The summed E-state index contributed by atoms with van der Waals surface area (Å²) in [4.78, 5) is 13.6. The minimum absolute atomic E-state index is 0.128. The van der Waals surface area contributed by atoms with E-state index >= 15 is 0 Å². The highest BCUT2D eigenvalue weighted by atomic mass is 16.1. The average molecular weight is 246 g/mol. The number of carbonyl (C=O) groups excluding carboxylic acids is 1. The van der Waals surface area contributed by atoms with E-state index in [-0.39, 0.29) is 5.78 Å². The third-order valence-corrected chi connectivity index (χ3v) is 3.83. The van der Waals surface area contributed by atoms with Crippen LogP contribution < -0.4 is 10.6 Å². The molecule has 0 bridgehead atoms. The summed E-state index contributed by atoms with van der Waals surface area (Å²) in [6, 6.07) is 7.95. The van der Waals surface area contributed by atoms with Crippen LogP contribution >= 0.6 is 0 Å². The topological polar surface area (TPSA) is 46.3 Å². The van der Waals surface area contributed by atoms with E-state index in [1.54, 1.807) is 6.92 Å². The van der Waals surface area contributed by atoms with E-state index in [0.29, 0.717) is 0 Å². The van der Waals surface area contributed by atoms with Gasteiger partial charge in [0.2, 0.25) is 0 Å². The molecule has 1 saturated heterocycles. The fourth-order valence-electron chi connectivity index (χ4n) is 2.62. The van der Waals surface area contributed by atoms with Crippen molar-refractivity contribution in [2.75, 3.05) is 24.5 Å². The molecule has 0 radical (unpaired) electrons. The second-order valence-corrected chi connectivity index (χ2v) is 5.11. The van der Waals surface area contributed by atoms with E-state index in [1.165, 1.54) is 18.5 Å². The Hall–Kier alpha value is -1.35. The normalized spacial score (nSPS) is 16.9. The highest BCUT2D eigenvalue weighted by molar-refractivity contribution is 5.94. The molecule has 1 aliphatic heterocycles. The maximum absolute atomic E-state index is 11.2. The van der Waals surface area contributed by atoms with Gasteiger partial charge >= 0.3 is 0 Å². The molecular formula is C15H22N2O. The molecule has 1 aromatic rings. The zero-order chi connectivity index (χ0) is 13.0. The van der Waals surface area contributed by atoms with Gasteiger partial charge in [0.05, 0.1) is 0 Å². The Balaban J connectivity index is 1.95. The van der Waals surface area contributed by atoms with Gasteiger partial charge in [0, 0.05) is 24.3 Å². The Bertz CT molecular complexity index is 391. The number of hydrogen-bond donors (Lipinski definition) is 1. The monoisotopic (exact) mass is 246 g/mol. The van der Waals surface area contributed by atoms with Crippen molar-refractivity contribution in [1.29, 1.82) is 0 Å². The minimum atomic E-state index is 0.128. The first-order valence-electron chi connectivity index (χ1n) is 6.76. The van der Waals surface area contributed by atoms with Gasteiger partial charge in [-0.1, -0.05) is 0 Å². The Labute approximate surface area is 109 Å². The number of rotatable bonds is 4. The average Bonchev–Trinajstić information content (AvgIpc) is 2.40. The number of piperidine rings is 1. The molecule has 1 aliphatic rings. The van der Waals surface area contributed by atoms with E-state index in [1.807, 2.05) is 12.1 Å². The van der Waals surface area contributed by atoms with Crippen LogP contribution in [-0.4, -0.2) is 25.4 Å². The number of hydrogen-bond acceptors (Lipinski definition) is 3. The van der Waals surface area contributed by atoms with E-state index in [0.717, 1.165) is 37.5 Å². The molecule has 3 nitrogen and oxygen atoms in total. The molecule has 0 amide bonds. The van der Waals surface area contributed by atoms with Crippen LogP contribution in [0.1, 0.15) is 36.5 Å². The summed E-state index contributed by atoms with van der Waals surface area (Å²) in [6.07, 6.45) is 3.61. The Morgan fingerprint density at radius 2 is 1.89 bits per heavy atom. The van der Waals surface area contributed by atoms with E-state index in [2.05, 4.69) is 17.0 Å². The molecule has 18 heavy (non-hydrogen) atoms. The summed E-state index contributed by atoms with van der Waals surface area (Å²) in [6.45, 7) is 4.61. The first-order valence-corrected chi connectivity index (χ1v) is 6.76. The van der Waals surface area contributed by atoms with Gasteiger partial charge in [0.15, 0.2) is 5.78 Å². The summed E-state index contributed by atoms with van der Waals surface area (Å²) in [5.74, 6) is 0.922. The predicted molar refractivity (Wildman–Crippen MR) is 75.1 cm³/mol. The molecule has 0 aliphatic carbocycles. The van der Waals surface area contributed by atoms with Crippen molar-refractivity contribution in [2.24, 2.45) is 11.7 Å². The van der Waals surface area contributed by atoms with Gasteiger partial charge in [-0.25, -0.2) is 0 Å². The minimum Gasteiger partial charge on any atom is -0.372 e. The first-order chi connectivity index (χ1) is 8.70. The molecule has 1 heterocycles. The summed E-state index contributed by atoms with van der Waals surface area (Å²) in [5.41, 5.74) is 7.62. The number of anilines is 1. The Morgan fingerprint density at radius 3 is 2.39 bits per heavy atom. The molecule has 1 aromatic carbocycles. The third kappa shape index (κ3) is 3.10.